The van der Waals surface area contributed by atoms with Crippen molar-refractivity contribution in [2.75, 3.05) is 45.1 Å². The van der Waals surface area contributed by atoms with E-state index in [-0.39, 0.29) is 36.6 Å². The van der Waals surface area contributed by atoms with Crippen molar-refractivity contribution in [2.24, 2.45) is 0 Å². The number of ether oxygens (including phenoxy) is 1. The summed E-state index contributed by atoms with van der Waals surface area (Å²) in [6, 6.07) is 9.67. The maximum absolute atomic E-state index is 14.1. The van der Waals surface area contributed by atoms with E-state index in [1.807, 2.05) is 0 Å². The minimum atomic E-state index is -4.80. The zero-order chi connectivity index (χ0) is 33.1. The highest BCUT2D eigenvalue weighted by Crippen LogP contribution is 2.52. The van der Waals surface area contributed by atoms with Crippen LogP contribution in [0.3, 0.4) is 0 Å². The van der Waals surface area contributed by atoms with Gasteiger partial charge < -0.3 is 29.3 Å². The standard InChI is InChI=1S/C30H33F3N7O5P/c1-5-44-46(42)18-19-7-9-25(26(13-19)43-4)37-29-34-16-23(30(31,32)33)27(38-29)36-24-10-8-20(14-22(24)28(41)39(2)3)21-15-35-40(17-21)11-6-12-45-46/h7-10,13-17H,5-6,11-12,18H2,1-4H3,(H2,34,36,37,38). The first-order chi connectivity index (χ1) is 21.9. The number of aromatic nitrogens is 4. The fraction of sp³-hybridized carbons (Fsp3) is 0.333. The van der Waals surface area contributed by atoms with Crippen molar-refractivity contribution >= 4 is 36.6 Å². The van der Waals surface area contributed by atoms with Gasteiger partial charge in [0.2, 0.25) is 5.95 Å². The van der Waals surface area contributed by atoms with E-state index in [1.165, 1.54) is 18.1 Å². The van der Waals surface area contributed by atoms with Gasteiger partial charge >= 0.3 is 13.8 Å². The van der Waals surface area contributed by atoms with Gasteiger partial charge in [-0.05, 0) is 48.7 Å². The van der Waals surface area contributed by atoms with Crippen molar-refractivity contribution in [1.29, 1.82) is 0 Å². The van der Waals surface area contributed by atoms with E-state index >= 15 is 0 Å². The summed E-state index contributed by atoms with van der Waals surface area (Å²) >= 11 is 0. The van der Waals surface area contributed by atoms with Crippen molar-refractivity contribution in [1.82, 2.24) is 24.6 Å². The number of nitrogens with zero attached hydrogens (tertiary/aromatic N) is 5. The van der Waals surface area contributed by atoms with Crippen LogP contribution in [0.5, 0.6) is 5.75 Å². The first-order valence-electron chi connectivity index (χ1n) is 14.3. The molecule has 244 valence electrons. The number of carbonyl (C=O) groups is 1. The minimum Gasteiger partial charge on any atom is -0.495 e. The maximum Gasteiger partial charge on any atom is 0.421 e. The Bertz CT molecular complexity index is 1780. The summed E-state index contributed by atoms with van der Waals surface area (Å²) in [5.41, 5.74) is 1.35. The van der Waals surface area contributed by atoms with Crippen LogP contribution in [0.4, 0.5) is 36.3 Å². The molecule has 1 amide bonds. The number of benzene rings is 2. The average molecular weight is 660 g/mol. The van der Waals surface area contributed by atoms with Crippen LogP contribution in [0.25, 0.3) is 11.1 Å². The summed E-state index contributed by atoms with van der Waals surface area (Å²) in [6.07, 6.45) is -0.299. The molecule has 0 fully saturated rings. The first kappa shape index (κ1) is 32.9. The van der Waals surface area contributed by atoms with E-state index in [0.29, 0.717) is 47.3 Å². The number of halogens is 3. The molecule has 2 N–H and O–H groups in total. The molecule has 0 aliphatic carbocycles. The fourth-order valence-corrected chi connectivity index (χ4v) is 6.50. The highest BCUT2D eigenvalue weighted by atomic mass is 31.2. The van der Waals surface area contributed by atoms with Crippen molar-refractivity contribution in [3.8, 4) is 16.9 Å². The summed E-state index contributed by atoms with van der Waals surface area (Å²) in [7, 11) is 0.968. The molecule has 12 nitrogen and oxygen atoms in total. The number of rotatable bonds is 4. The molecule has 1 unspecified atom stereocenters. The molecule has 16 heteroatoms. The maximum atomic E-state index is 14.1. The lowest BCUT2D eigenvalue weighted by molar-refractivity contribution is -0.137. The number of hydrogen-bond acceptors (Lipinski definition) is 10. The number of aryl methyl sites for hydroxylation is 1. The zero-order valence-corrected chi connectivity index (χ0v) is 26.5. The second kappa shape index (κ2) is 13.5. The number of hydrogen-bond donors (Lipinski definition) is 2. The Morgan fingerprint density at radius 3 is 2.61 bits per heavy atom. The topological polar surface area (TPSA) is 133 Å². The number of amides is 1. The number of anilines is 4. The van der Waals surface area contributed by atoms with Crippen LogP contribution in [0.15, 0.2) is 55.0 Å². The molecule has 8 bridgehead atoms. The van der Waals surface area contributed by atoms with Gasteiger partial charge in [0.1, 0.15) is 17.1 Å². The predicted octanol–water partition coefficient (Wildman–Crippen LogP) is 6.71. The first-order valence-corrected chi connectivity index (χ1v) is 16.0. The number of carbonyl (C=O) groups excluding carboxylic acids is 1. The van der Waals surface area contributed by atoms with Crippen molar-refractivity contribution < 1.29 is 36.3 Å². The van der Waals surface area contributed by atoms with Crippen LogP contribution < -0.4 is 15.4 Å². The zero-order valence-electron chi connectivity index (χ0n) is 25.6. The van der Waals surface area contributed by atoms with Crippen molar-refractivity contribution in [3.63, 3.8) is 0 Å². The van der Waals surface area contributed by atoms with E-state index in [9.17, 15) is 22.5 Å². The third-order valence-electron chi connectivity index (χ3n) is 7.00. The van der Waals surface area contributed by atoms with Gasteiger partial charge in [-0.2, -0.15) is 23.3 Å². The van der Waals surface area contributed by atoms with Gasteiger partial charge in [-0.1, -0.05) is 12.1 Å². The fourth-order valence-electron chi connectivity index (χ4n) is 4.79. The SMILES string of the molecule is CCOP1(=O)Cc2ccc(c(OC)c2)Nc2ncc(C(F)(F)F)c(n2)Nc2ccc(cc2C(=O)N(C)C)-c2cnn(c2)CCCO1. The van der Waals surface area contributed by atoms with Gasteiger partial charge in [0, 0.05) is 38.6 Å². The smallest absolute Gasteiger partial charge is 0.421 e. The molecule has 0 radical (unpaired) electrons. The highest BCUT2D eigenvalue weighted by molar-refractivity contribution is 7.53. The second-order valence-electron chi connectivity index (χ2n) is 10.6. The van der Waals surface area contributed by atoms with Crippen molar-refractivity contribution in [3.05, 3.63) is 71.7 Å². The molecule has 0 spiro atoms. The van der Waals surface area contributed by atoms with Gasteiger partial charge in [0.25, 0.3) is 5.91 Å². The Morgan fingerprint density at radius 1 is 1.11 bits per heavy atom. The molecule has 2 aromatic carbocycles. The Hall–Kier alpha value is -4.46. The number of alkyl halides is 3. The molecule has 6 heterocycles. The molecule has 0 saturated carbocycles. The summed E-state index contributed by atoms with van der Waals surface area (Å²) in [6.45, 7) is 2.49. The van der Waals surface area contributed by atoms with Crippen LogP contribution >= 0.6 is 7.60 Å². The molecule has 0 saturated heterocycles. The largest absolute Gasteiger partial charge is 0.495 e. The lowest BCUT2D eigenvalue weighted by Crippen LogP contribution is -2.23. The molecule has 4 aliphatic rings. The second-order valence-corrected chi connectivity index (χ2v) is 12.6. The van der Waals surface area contributed by atoms with Gasteiger partial charge in [0.05, 0.1) is 49.6 Å². The lowest BCUT2D eigenvalue weighted by Gasteiger charge is -2.20. The summed E-state index contributed by atoms with van der Waals surface area (Å²) < 4.78 is 74.5. The van der Waals surface area contributed by atoms with E-state index in [2.05, 4.69) is 25.7 Å². The summed E-state index contributed by atoms with van der Waals surface area (Å²) in [4.78, 5) is 22.6. The molecular formula is C30H33F3N7O5P. The molecule has 4 aromatic rings. The third kappa shape index (κ3) is 7.49. The van der Waals surface area contributed by atoms with Crippen LogP contribution in [0, 0.1) is 0 Å². The average Bonchev–Trinajstić information content (AvgIpc) is 3.48. The van der Waals surface area contributed by atoms with Crippen LogP contribution in [0.2, 0.25) is 0 Å². The minimum absolute atomic E-state index is 0.0299. The van der Waals surface area contributed by atoms with E-state index in [0.717, 1.165) is 0 Å². The van der Waals surface area contributed by atoms with Crippen LogP contribution in [-0.4, -0.2) is 65.0 Å². The number of nitrogens with one attached hydrogen (secondary N) is 2. The van der Waals surface area contributed by atoms with E-state index < -0.39 is 31.1 Å². The Morgan fingerprint density at radius 2 is 1.89 bits per heavy atom. The number of methoxy groups -OCH3 is 1. The molecule has 4 aliphatic heterocycles. The van der Waals surface area contributed by atoms with E-state index in [4.69, 9.17) is 13.8 Å². The molecule has 46 heavy (non-hydrogen) atoms. The molecule has 1 atom stereocenters. The van der Waals surface area contributed by atoms with Gasteiger partial charge in [-0.3, -0.25) is 14.0 Å². The Kier molecular flexibility index (Phi) is 9.66. The van der Waals surface area contributed by atoms with Gasteiger partial charge in [-0.15, -0.1) is 0 Å². The lowest BCUT2D eigenvalue weighted by atomic mass is 10.0. The normalized spacial score (nSPS) is 16.9. The Labute approximate surface area is 263 Å². The quantitative estimate of drug-likeness (QED) is 0.228. The van der Waals surface area contributed by atoms with E-state index in [1.54, 1.807) is 68.4 Å². The third-order valence-corrected chi connectivity index (χ3v) is 8.98. The molecule has 2 aromatic heterocycles. The summed E-state index contributed by atoms with van der Waals surface area (Å²) in [5.74, 6) is -0.875. The van der Waals surface area contributed by atoms with Crippen LogP contribution in [0.1, 0.15) is 34.8 Å². The van der Waals surface area contributed by atoms with Crippen LogP contribution in [-0.2, 0) is 32.5 Å². The Balaban J connectivity index is 1.63. The van der Waals surface area contributed by atoms with Crippen molar-refractivity contribution in [2.45, 2.75) is 32.2 Å². The monoisotopic (exact) mass is 659 g/mol. The summed E-state index contributed by atoms with van der Waals surface area (Å²) in [5, 5.41) is 10.0. The van der Waals surface area contributed by atoms with Gasteiger partial charge in [-0.25, -0.2) is 4.98 Å². The molecule has 8 rings (SSSR count). The molecular weight excluding hydrogens is 626 g/mol. The predicted molar refractivity (Wildman–Crippen MR) is 166 cm³/mol. The van der Waals surface area contributed by atoms with Gasteiger partial charge in [0.15, 0.2) is 0 Å². The highest BCUT2D eigenvalue weighted by Gasteiger charge is 2.36.